The van der Waals surface area contributed by atoms with Gasteiger partial charge in [-0.15, -0.1) is 0 Å². The molecule has 0 fully saturated rings. The van der Waals surface area contributed by atoms with Crippen LogP contribution in [0, 0.1) is 11.7 Å². The average molecular weight is 283 g/mol. The van der Waals surface area contributed by atoms with Crippen LogP contribution in [-0.4, -0.2) is 6.54 Å². The zero-order chi connectivity index (χ0) is 14.8. The van der Waals surface area contributed by atoms with Crippen LogP contribution in [0.15, 0.2) is 42.5 Å². The summed E-state index contributed by atoms with van der Waals surface area (Å²) >= 11 is 0. The highest BCUT2D eigenvalue weighted by atomic mass is 19.1. The maximum atomic E-state index is 13.3. The Kier molecular flexibility index (Phi) is 3.96. The summed E-state index contributed by atoms with van der Waals surface area (Å²) in [6.07, 6.45) is 1.98. The number of hydrogen-bond donors (Lipinski definition) is 1. The van der Waals surface area contributed by atoms with Crippen LogP contribution < -0.4 is 5.32 Å². The largest absolute Gasteiger partial charge is 0.385 e. The molecule has 3 rings (SSSR count). The van der Waals surface area contributed by atoms with Crippen LogP contribution in [0.25, 0.3) is 0 Å². The van der Waals surface area contributed by atoms with Crippen molar-refractivity contribution in [3.63, 3.8) is 0 Å². The number of hydrogen-bond acceptors (Lipinski definition) is 1. The monoisotopic (exact) mass is 283 g/mol. The Morgan fingerprint density at radius 3 is 2.71 bits per heavy atom. The van der Waals surface area contributed by atoms with Crippen molar-refractivity contribution in [2.75, 3.05) is 11.9 Å². The minimum absolute atomic E-state index is 0.160. The van der Waals surface area contributed by atoms with Crippen molar-refractivity contribution in [3.8, 4) is 0 Å². The lowest BCUT2D eigenvalue weighted by Gasteiger charge is -2.30. The Balaban J connectivity index is 1.89. The first-order valence-electron chi connectivity index (χ1n) is 7.74. The lowest BCUT2D eigenvalue weighted by Crippen LogP contribution is -2.20. The Hall–Kier alpha value is -1.83. The molecule has 2 aromatic carbocycles. The van der Waals surface area contributed by atoms with Gasteiger partial charge in [-0.25, -0.2) is 4.39 Å². The van der Waals surface area contributed by atoms with Gasteiger partial charge in [0.2, 0.25) is 0 Å². The van der Waals surface area contributed by atoms with Gasteiger partial charge in [-0.3, -0.25) is 0 Å². The van der Waals surface area contributed by atoms with E-state index in [0.29, 0.717) is 11.8 Å². The first-order valence-corrected chi connectivity index (χ1v) is 7.74. The van der Waals surface area contributed by atoms with E-state index < -0.39 is 0 Å². The van der Waals surface area contributed by atoms with Crippen molar-refractivity contribution in [2.24, 2.45) is 5.92 Å². The quantitative estimate of drug-likeness (QED) is 0.838. The van der Waals surface area contributed by atoms with Crippen LogP contribution in [0.1, 0.15) is 42.9 Å². The highest BCUT2D eigenvalue weighted by Gasteiger charge is 2.22. The van der Waals surface area contributed by atoms with Gasteiger partial charge < -0.3 is 5.32 Å². The van der Waals surface area contributed by atoms with Gasteiger partial charge in [-0.05, 0) is 59.6 Å². The summed E-state index contributed by atoms with van der Waals surface area (Å²) in [5, 5.41) is 3.49. The standard InChI is InChI=1S/C19H22FN/c1-13(2)17-8-9-21-19-7-6-15(12-18(17)19)10-14-4-3-5-16(20)11-14/h3-7,11-13,17,21H,8-10H2,1-2H3. The molecule has 1 aliphatic heterocycles. The molecule has 0 aromatic heterocycles. The van der Waals surface area contributed by atoms with Crippen LogP contribution in [0.4, 0.5) is 10.1 Å². The Morgan fingerprint density at radius 1 is 1.14 bits per heavy atom. The number of anilines is 1. The van der Waals surface area contributed by atoms with Crippen LogP contribution in [0.3, 0.4) is 0 Å². The Bertz CT molecular complexity index is 633. The van der Waals surface area contributed by atoms with Crippen molar-refractivity contribution in [2.45, 2.75) is 32.6 Å². The minimum Gasteiger partial charge on any atom is -0.385 e. The molecule has 21 heavy (non-hydrogen) atoms. The number of halogens is 1. The molecule has 2 aromatic rings. The third-order valence-corrected chi connectivity index (χ3v) is 4.39. The normalized spacial score (nSPS) is 17.4. The van der Waals surface area contributed by atoms with E-state index in [9.17, 15) is 4.39 Å². The number of rotatable bonds is 3. The van der Waals surface area contributed by atoms with E-state index in [4.69, 9.17) is 0 Å². The molecule has 0 spiro atoms. The molecule has 2 heteroatoms. The molecule has 1 aliphatic rings. The van der Waals surface area contributed by atoms with E-state index in [1.54, 1.807) is 12.1 Å². The Labute approximate surface area is 126 Å². The predicted molar refractivity (Wildman–Crippen MR) is 86.3 cm³/mol. The van der Waals surface area contributed by atoms with Gasteiger partial charge in [-0.2, -0.15) is 0 Å². The average Bonchev–Trinajstić information content (AvgIpc) is 2.46. The zero-order valence-electron chi connectivity index (χ0n) is 12.7. The molecule has 1 N–H and O–H groups in total. The summed E-state index contributed by atoms with van der Waals surface area (Å²) in [5.74, 6) is 1.11. The van der Waals surface area contributed by atoms with Crippen LogP contribution in [0.5, 0.6) is 0 Å². The van der Waals surface area contributed by atoms with Crippen LogP contribution in [0.2, 0.25) is 0 Å². The topological polar surface area (TPSA) is 12.0 Å². The van der Waals surface area contributed by atoms with Gasteiger partial charge in [0.25, 0.3) is 0 Å². The molecular weight excluding hydrogens is 261 g/mol. The number of nitrogens with one attached hydrogen (secondary N) is 1. The van der Waals surface area contributed by atoms with E-state index in [1.807, 2.05) is 6.07 Å². The predicted octanol–water partition coefficient (Wildman–Crippen LogP) is 4.97. The highest BCUT2D eigenvalue weighted by molar-refractivity contribution is 5.56. The maximum absolute atomic E-state index is 13.3. The van der Waals surface area contributed by atoms with Gasteiger partial charge in [0.1, 0.15) is 5.82 Å². The molecule has 0 bridgehead atoms. The minimum atomic E-state index is -0.160. The SMILES string of the molecule is CC(C)C1CCNc2ccc(Cc3cccc(F)c3)cc21. The summed E-state index contributed by atoms with van der Waals surface area (Å²) in [7, 11) is 0. The van der Waals surface area contributed by atoms with Crippen molar-refractivity contribution in [3.05, 3.63) is 65.0 Å². The lowest BCUT2D eigenvalue weighted by molar-refractivity contribution is 0.469. The second-order valence-electron chi connectivity index (χ2n) is 6.29. The fraction of sp³-hybridized carbons (Fsp3) is 0.368. The smallest absolute Gasteiger partial charge is 0.123 e. The first-order chi connectivity index (χ1) is 10.1. The third-order valence-electron chi connectivity index (χ3n) is 4.39. The molecule has 110 valence electrons. The summed E-state index contributed by atoms with van der Waals surface area (Å²) < 4.78 is 13.3. The van der Waals surface area contributed by atoms with Gasteiger partial charge >= 0.3 is 0 Å². The van der Waals surface area contributed by atoms with E-state index >= 15 is 0 Å². The highest BCUT2D eigenvalue weighted by Crippen LogP contribution is 2.37. The molecule has 1 heterocycles. The van der Waals surface area contributed by atoms with Crippen molar-refractivity contribution in [1.82, 2.24) is 0 Å². The third kappa shape index (κ3) is 3.10. The van der Waals surface area contributed by atoms with Gasteiger partial charge in [-0.1, -0.05) is 38.1 Å². The van der Waals surface area contributed by atoms with Crippen molar-refractivity contribution in [1.29, 1.82) is 0 Å². The van der Waals surface area contributed by atoms with Crippen molar-refractivity contribution >= 4 is 5.69 Å². The summed E-state index contributed by atoms with van der Waals surface area (Å²) in [5.41, 5.74) is 4.97. The second-order valence-corrected chi connectivity index (χ2v) is 6.29. The number of benzene rings is 2. The molecule has 0 aliphatic carbocycles. The van der Waals surface area contributed by atoms with Crippen LogP contribution in [-0.2, 0) is 6.42 Å². The van der Waals surface area contributed by atoms with E-state index in [2.05, 4.69) is 37.4 Å². The first kappa shape index (κ1) is 14.1. The fourth-order valence-corrected chi connectivity index (χ4v) is 3.28. The van der Waals surface area contributed by atoms with Gasteiger partial charge in [0.05, 0.1) is 0 Å². The summed E-state index contributed by atoms with van der Waals surface area (Å²) in [6, 6.07) is 13.5. The van der Waals surface area contributed by atoms with E-state index in [-0.39, 0.29) is 5.82 Å². The van der Waals surface area contributed by atoms with Gasteiger partial charge in [0, 0.05) is 12.2 Å². The fourth-order valence-electron chi connectivity index (χ4n) is 3.28. The second kappa shape index (κ2) is 5.88. The molecule has 0 amide bonds. The van der Waals surface area contributed by atoms with E-state index in [0.717, 1.165) is 18.5 Å². The number of fused-ring (bicyclic) bond motifs is 1. The zero-order valence-corrected chi connectivity index (χ0v) is 12.7. The molecule has 0 saturated heterocycles. The molecule has 1 nitrogen and oxygen atoms in total. The molecule has 1 unspecified atom stereocenters. The summed E-state index contributed by atoms with van der Waals surface area (Å²) in [4.78, 5) is 0. The van der Waals surface area contributed by atoms with Crippen molar-refractivity contribution < 1.29 is 4.39 Å². The van der Waals surface area contributed by atoms with Crippen LogP contribution >= 0.6 is 0 Å². The lowest BCUT2D eigenvalue weighted by atomic mass is 9.81. The van der Waals surface area contributed by atoms with Gasteiger partial charge in [0.15, 0.2) is 0 Å². The molecule has 0 saturated carbocycles. The molecular formula is C19H22FN. The maximum Gasteiger partial charge on any atom is 0.123 e. The Morgan fingerprint density at radius 2 is 1.95 bits per heavy atom. The van der Waals surface area contributed by atoms with E-state index in [1.165, 1.54) is 29.3 Å². The molecule has 0 radical (unpaired) electrons. The molecule has 1 atom stereocenters. The summed E-state index contributed by atoms with van der Waals surface area (Å²) in [6.45, 7) is 5.64.